The molecule has 3 rings (SSSR count). The molecule has 1 heterocycles. The molecular formula is C22H24FNO5. The van der Waals surface area contributed by atoms with E-state index in [9.17, 15) is 14.0 Å². The number of hydrogen-bond donors (Lipinski definition) is 2. The second-order valence-corrected chi connectivity index (χ2v) is 6.69. The van der Waals surface area contributed by atoms with Crippen LogP contribution < -0.4 is 4.74 Å². The Morgan fingerprint density at radius 3 is 2.31 bits per heavy atom. The minimum Gasteiger partial charge on any atom is -0.490 e. The van der Waals surface area contributed by atoms with Gasteiger partial charge in [0, 0.05) is 37.2 Å². The number of hydrogen-bond acceptors (Lipinski definition) is 4. The summed E-state index contributed by atoms with van der Waals surface area (Å²) in [7, 11) is 2.13. The number of carbonyl (C=O) groups is 2. The SMILES string of the molecule is CN1CC[C@@H](Oc2cccc(F)c2)[C@H](c2ccccc2)C1.O=C(O)/C=C/C(=O)O. The first-order valence-electron chi connectivity index (χ1n) is 9.15. The van der Waals surface area contributed by atoms with Crippen LogP contribution in [0.4, 0.5) is 4.39 Å². The number of piperidine rings is 1. The lowest BCUT2D eigenvalue weighted by Crippen LogP contribution is -2.42. The second-order valence-electron chi connectivity index (χ2n) is 6.69. The van der Waals surface area contributed by atoms with Gasteiger partial charge in [0.1, 0.15) is 17.7 Å². The topological polar surface area (TPSA) is 87.1 Å². The molecule has 1 aliphatic rings. The summed E-state index contributed by atoms with van der Waals surface area (Å²) in [5, 5.41) is 15.6. The van der Waals surface area contributed by atoms with E-state index < -0.39 is 11.9 Å². The van der Waals surface area contributed by atoms with Crippen molar-refractivity contribution in [3.8, 4) is 5.75 Å². The summed E-state index contributed by atoms with van der Waals surface area (Å²) in [6, 6.07) is 16.8. The Hall–Kier alpha value is -3.19. The van der Waals surface area contributed by atoms with Gasteiger partial charge in [0.2, 0.25) is 0 Å². The standard InChI is InChI=1S/C18H20FNO.C4H4O4/c1-20-11-10-18(21-16-9-5-8-15(19)12-16)17(13-20)14-6-3-2-4-7-14;5-3(6)1-2-4(7)8/h2-9,12,17-18H,10-11,13H2,1H3;1-2H,(H,5,6)(H,7,8)/b;2-1+/t17-,18+;/m0./s1. The highest BCUT2D eigenvalue weighted by molar-refractivity contribution is 5.89. The third-order valence-corrected chi connectivity index (χ3v) is 4.43. The van der Waals surface area contributed by atoms with Crippen molar-refractivity contribution < 1.29 is 28.9 Å². The van der Waals surface area contributed by atoms with Crippen LogP contribution >= 0.6 is 0 Å². The van der Waals surface area contributed by atoms with Gasteiger partial charge in [-0.3, -0.25) is 0 Å². The molecule has 0 radical (unpaired) electrons. The normalized spacial score (nSPS) is 19.2. The van der Waals surface area contributed by atoms with Crippen LogP contribution in [0.3, 0.4) is 0 Å². The first kappa shape index (κ1) is 22.1. The van der Waals surface area contributed by atoms with Crippen molar-refractivity contribution in [1.29, 1.82) is 0 Å². The fourth-order valence-electron chi connectivity index (χ4n) is 3.11. The van der Waals surface area contributed by atoms with E-state index in [4.69, 9.17) is 14.9 Å². The number of benzene rings is 2. The van der Waals surface area contributed by atoms with E-state index in [0.717, 1.165) is 19.5 Å². The van der Waals surface area contributed by atoms with Gasteiger partial charge >= 0.3 is 11.9 Å². The predicted octanol–water partition coefficient (Wildman–Crippen LogP) is 3.40. The lowest BCUT2D eigenvalue weighted by molar-refractivity contribution is -0.134. The number of likely N-dealkylation sites (N-methyl/N-ethyl adjacent to an activating group) is 1. The Bertz CT molecular complexity index is 824. The van der Waals surface area contributed by atoms with Crippen LogP contribution in [-0.2, 0) is 9.59 Å². The molecule has 1 aliphatic heterocycles. The molecule has 2 atom stereocenters. The predicted molar refractivity (Wildman–Crippen MR) is 107 cm³/mol. The molecular weight excluding hydrogens is 377 g/mol. The van der Waals surface area contributed by atoms with Crippen LogP contribution in [0.2, 0.25) is 0 Å². The van der Waals surface area contributed by atoms with Gasteiger partial charge in [0.05, 0.1) is 0 Å². The minimum absolute atomic E-state index is 0.0883. The molecule has 0 bridgehead atoms. The molecule has 29 heavy (non-hydrogen) atoms. The summed E-state index contributed by atoms with van der Waals surface area (Å²) in [6.45, 7) is 1.97. The Labute approximate surface area is 168 Å². The Balaban J connectivity index is 0.000000321. The summed E-state index contributed by atoms with van der Waals surface area (Å²) >= 11 is 0. The average Bonchev–Trinajstić information content (AvgIpc) is 2.69. The summed E-state index contributed by atoms with van der Waals surface area (Å²) in [4.78, 5) is 21.4. The van der Waals surface area contributed by atoms with Gasteiger partial charge in [-0.05, 0) is 31.2 Å². The van der Waals surface area contributed by atoms with Crippen molar-refractivity contribution in [1.82, 2.24) is 4.90 Å². The zero-order valence-corrected chi connectivity index (χ0v) is 16.1. The van der Waals surface area contributed by atoms with Gasteiger partial charge in [0.25, 0.3) is 0 Å². The van der Waals surface area contributed by atoms with E-state index in [2.05, 4.69) is 36.2 Å². The average molecular weight is 401 g/mol. The van der Waals surface area contributed by atoms with Gasteiger partial charge in [-0.2, -0.15) is 0 Å². The monoisotopic (exact) mass is 401 g/mol. The smallest absolute Gasteiger partial charge is 0.328 e. The number of rotatable bonds is 5. The van der Waals surface area contributed by atoms with Crippen LogP contribution in [0.25, 0.3) is 0 Å². The van der Waals surface area contributed by atoms with E-state index in [1.54, 1.807) is 6.07 Å². The van der Waals surface area contributed by atoms with Crippen molar-refractivity contribution >= 4 is 11.9 Å². The van der Waals surface area contributed by atoms with E-state index in [0.29, 0.717) is 23.8 Å². The summed E-state index contributed by atoms with van der Waals surface area (Å²) in [5.41, 5.74) is 1.28. The van der Waals surface area contributed by atoms with Crippen molar-refractivity contribution in [2.75, 3.05) is 20.1 Å². The van der Waals surface area contributed by atoms with E-state index in [-0.39, 0.29) is 11.9 Å². The van der Waals surface area contributed by atoms with E-state index in [1.807, 2.05) is 12.1 Å². The van der Waals surface area contributed by atoms with Gasteiger partial charge in [-0.25, -0.2) is 14.0 Å². The molecule has 2 aromatic carbocycles. The highest BCUT2D eigenvalue weighted by atomic mass is 19.1. The summed E-state index contributed by atoms with van der Waals surface area (Å²) in [5.74, 6) is -1.84. The summed E-state index contributed by atoms with van der Waals surface area (Å²) in [6.07, 6.45) is 2.16. The first-order valence-corrected chi connectivity index (χ1v) is 9.15. The molecule has 2 N–H and O–H groups in total. The Kier molecular flexibility index (Phi) is 8.36. The van der Waals surface area contributed by atoms with Gasteiger partial charge in [0.15, 0.2) is 0 Å². The zero-order chi connectivity index (χ0) is 21.2. The molecule has 0 aliphatic carbocycles. The maximum atomic E-state index is 13.3. The molecule has 0 saturated carbocycles. The van der Waals surface area contributed by atoms with Crippen molar-refractivity contribution in [3.05, 3.63) is 78.1 Å². The maximum Gasteiger partial charge on any atom is 0.328 e. The number of likely N-dealkylation sites (tertiary alicyclic amines) is 1. The Morgan fingerprint density at radius 1 is 1.07 bits per heavy atom. The lowest BCUT2D eigenvalue weighted by atomic mass is 9.88. The molecule has 0 amide bonds. The van der Waals surface area contributed by atoms with Crippen molar-refractivity contribution in [3.63, 3.8) is 0 Å². The second kappa shape index (κ2) is 11.0. The van der Waals surface area contributed by atoms with Crippen molar-refractivity contribution in [2.45, 2.75) is 18.4 Å². The molecule has 154 valence electrons. The third-order valence-electron chi connectivity index (χ3n) is 4.43. The highest BCUT2D eigenvalue weighted by Crippen LogP contribution is 2.30. The number of carboxylic acids is 2. The molecule has 2 aromatic rings. The van der Waals surface area contributed by atoms with Crippen LogP contribution in [-0.4, -0.2) is 53.3 Å². The summed E-state index contributed by atoms with van der Waals surface area (Å²) < 4.78 is 19.4. The molecule has 1 saturated heterocycles. The van der Waals surface area contributed by atoms with E-state index >= 15 is 0 Å². The van der Waals surface area contributed by atoms with Crippen LogP contribution in [0.15, 0.2) is 66.7 Å². The number of ether oxygens (including phenoxy) is 1. The molecule has 0 spiro atoms. The molecule has 7 heteroatoms. The van der Waals surface area contributed by atoms with Gasteiger partial charge < -0.3 is 19.8 Å². The van der Waals surface area contributed by atoms with Crippen LogP contribution in [0.1, 0.15) is 17.9 Å². The van der Waals surface area contributed by atoms with Gasteiger partial charge in [-0.1, -0.05) is 36.4 Å². The largest absolute Gasteiger partial charge is 0.490 e. The minimum atomic E-state index is -1.26. The third kappa shape index (κ3) is 7.75. The number of aliphatic carboxylic acids is 2. The fourth-order valence-corrected chi connectivity index (χ4v) is 3.11. The zero-order valence-electron chi connectivity index (χ0n) is 16.1. The van der Waals surface area contributed by atoms with E-state index in [1.165, 1.54) is 17.7 Å². The number of nitrogens with zero attached hydrogens (tertiary/aromatic N) is 1. The quantitative estimate of drug-likeness (QED) is 0.747. The molecule has 6 nitrogen and oxygen atoms in total. The number of carboxylic acid groups (broad SMARTS) is 2. The fraction of sp³-hybridized carbons (Fsp3) is 0.273. The number of halogens is 1. The maximum absolute atomic E-state index is 13.3. The Morgan fingerprint density at radius 2 is 1.72 bits per heavy atom. The van der Waals surface area contributed by atoms with Gasteiger partial charge in [-0.15, -0.1) is 0 Å². The molecule has 1 fully saturated rings. The first-order chi connectivity index (χ1) is 13.8. The molecule has 0 aromatic heterocycles. The van der Waals surface area contributed by atoms with Crippen LogP contribution in [0, 0.1) is 5.82 Å². The van der Waals surface area contributed by atoms with Crippen molar-refractivity contribution in [2.24, 2.45) is 0 Å². The molecule has 0 unspecified atom stereocenters. The van der Waals surface area contributed by atoms with Crippen LogP contribution in [0.5, 0.6) is 5.75 Å². The lowest BCUT2D eigenvalue weighted by Gasteiger charge is -2.37. The highest BCUT2D eigenvalue weighted by Gasteiger charge is 2.30.